The molecule has 0 aromatic carbocycles. The van der Waals surface area contributed by atoms with Gasteiger partial charge in [0.05, 0.1) is 12.2 Å². The smallest absolute Gasteiger partial charge is 0.156 e. The molecule has 0 bridgehead atoms. The molecule has 2 rings (SSSR count). The first kappa shape index (κ1) is 11.5. The first-order valence-corrected chi connectivity index (χ1v) is 6.66. The Hall–Kier alpha value is -0.970. The molecule has 2 heterocycles. The molecule has 0 unspecified atom stereocenters. The maximum Gasteiger partial charge on any atom is 0.156 e. The predicted octanol–water partition coefficient (Wildman–Crippen LogP) is 1.58. The van der Waals surface area contributed by atoms with Gasteiger partial charge in [-0.25, -0.2) is 0 Å². The van der Waals surface area contributed by atoms with E-state index in [0.29, 0.717) is 0 Å². The highest BCUT2D eigenvalue weighted by molar-refractivity contribution is 8.14. The first-order valence-electron chi connectivity index (χ1n) is 5.68. The van der Waals surface area contributed by atoms with E-state index >= 15 is 0 Å². The highest BCUT2D eigenvalue weighted by Gasteiger charge is 2.05. The monoisotopic (exact) mass is 238 g/mol. The number of thioether (sulfide) groups is 1. The lowest BCUT2D eigenvalue weighted by atomic mass is 10.4. The second-order valence-electron chi connectivity index (χ2n) is 3.97. The SMILES string of the molecule is Cc1cc(C)n(CCCNC2=NCCS2)n1. The maximum atomic E-state index is 4.43. The van der Waals surface area contributed by atoms with Crippen molar-refractivity contribution in [2.45, 2.75) is 26.8 Å². The van der Waals surface area contributed by atoms with E-state index < -0.39 is 0 Å². The van der Waals surface area contributed by atoms with Crippen LogP contribution in [0.1, 0.15) is 17.8 Å². The summed E-state index contributed by atoms with van der Waals surface area (Å²) < 4.78 is 2.07. The fourth-order valence-electron chi connectivity index (χ4n) is 1.77. The van der Waals surface area contributed by atoms with Crippen molar-refractivity contribution in [2.24, 2.45) is 4.99 Å². The summed E-state index contributed by atoms with van der Waals surface area (Å²) in [6.07, 6.45) is 1.08. The fourth-order valence-corrected chi connectivity index (χ4v) is 2.53. The normalized spacial score (nSPS) is 15.2. The molecule has 0 aliphatic carbocycles. The Bertz CT molecular complexity index is 383. The number of hydrogen-bond acceptors (Lipinski definition) is 4. The van der Waals surface area contributed by atoms with E-state index in [9.17, 15) is 0 Å². The van der Waals surface area contributed by atoms with E-state index in [1.165, 1.54) is 5.69 Å². The summed E-state index contributed by atoms with van der Waals surface area (Å²) in [4.78, 5) is 4.35. The van der Waals surface area contributed by atoms with E-state index in [1.54, 1.807) is 0 Å². The minimum absolute atomic E-state index is 0.963. The predicted molar refractivity (Wildman–Crippen MR) is 69.1 cm³/mol. The first-order chi connectivity index (χ1) is 7.75. The van der Waals surface area contributed by atoms with E-state index in [0.717, 1.165) is 42.7 Å². The molecule has 0 saturated carbocycles. The second-order valence-corrected chi connectivity index (χ2v) is 5.05. The van der Waals surface area contributed by atoms with Gasteiger partial charge in [0, 0.05) is 24.5 Å². The van der Waals surface area contributed by atoms with Gasteiger partial charge in [-0.1, -0.05) is 11.8 Å². The van der Waals surface area contributed by atoms with Crippen molar-refractivity contribution in [3.05, 3.63) is 17.5 Å². The average Bonchev–Trinajstić information content (AvgIpc) is 2.84. The molecule has 1 aromatic heterocycles. The van der Waals surface area contributed by atoms with Crippen molar-refractivity contribution in [3.8, 4) is 0 Å². The maximum absolute atomic E-state index is 4.43. The van der Waals surface area contributed by atoms with Crippen LogP contribution in [0.5, 0.6) is 0 Å². The van der Waals surface area contributed by atoms with Crippen molar-refractivity contribution in [1.29, 1.82) is 0 Å². The number of nitrogens with one attached hydrogen (secondary N) is 1. The molecule has 4 nitrogen and oxygen atoms in total. The van der Waals surface area contributed by atoms with Crippen molar-refractivity contribution >= 4 is 16.9 Å². The molecule has 1 aliphatic rings. The van der Waals surface area contributed by atoms with Crippen LogP contribution in [0.3, 0.4) is 0 Å². The molecule has 1 N–H and O–H groups in total. The third-order valence-corrected chi connectivity index (χ3v) is 3.45. The molecule has 0 saturated heterocycles. The molecule has 1 aliphatic heterocycles. The summed E-state index contributed by atoms with van der Waals surface area (Å²) in [5, 5.41) is 8.89. The van der Waals surface area contributed by atoms with Gasteiger partial charge in [0.25, 0.3) is 0 Å². The van der Waals surface area contributed by atoms with Gasteiger partial charge < -0.3 is 5.32 Å². The number of aliphatic imine (C=N–C) groups is 1. The van der Waals surface area contributed by atoms with Crippen LogP contribution in [0.4, 0.5) is 0 Å². The lowest BCUT2D eigenvalue weighted by Crippen LogP contribution is -2.21. The number of amidine groups is 1. The van der Waals surface area contributed by atoms with Gasteiger partial charge in [-0.05, 0) is 26.3 Å². The van der Waals surface area contributed by atoms with Crippen LogP contribution in [0, 0.1) is 13.8 Å². The van der Waals surface area contributed by atoms with Crippen molar-refractivity contribution in [3.63, 3.8) is 0 Å². The lowest BCUT2D eigenvalue weighted by molar-refractivity contribution is 0.558. The minimum Gasteiger partial charge on any atom is -0.365 e. The van der Waals surface area contributed by atoms with Crippen molar-refractivity contribution in [2.75, 3.05) is 18.8 Å². The number of aromatic nitrogens is 2. The Balaban J connectivity index is 1.69. The van der Waals surface area contributed by atoms with E-state index in [4.69, 9.17) is 0 Å². The van der Waals surface area contributed by atoms with Gasteiger partial charge in [-0.15, -0.1) is 0 Å². The van der Waals surface area contributed by atoms with Crippen LogP contribution in [0.15, 0.2) is 11.1 Å². The molecule has 88 valence electrons. The van der Waals surface area contributed by atoms with Gasteiger partial charge in [0.1, 0.15) is 0 Å². The zero-order valence-corrected chi connectivity index (χ0v) is 10.7. The third kappa shape index (κ3) is 3.01. The van der Waals surface area contributed by atoms with Crippen LogP contribution in [-0.4, -0.2) is 33.8 Å². The number of aryl methyl sites for hydroxylation is 3. The summed E-state index contributed by atoms with van der Waals surface area (Å²) in [5.41, 5.74) is 2.34. The summed E-state index contributed by atoms with van der Waals surface area (Å²) >= 11 is 1.81. The molecular weight excluding hydrogens is 220 g/mol. The molecule has 0 fully saturated rings. The number of nitrogens with zero attached hydrogens (tertiary/aromatic N) is 3. The highest BCUT2D eigenvalue weighted by atomic mass is 32.2. The molecule has 0 spiro atoms. The lowest BCUT2D eigenvalue weighted by Gasteiger charge is -2.06. The third-order valence-electron chi connectivity index (χ3n) is 2.51. The Kier molecular flexibility index (Phi) is 3.88. The molecule has 5 heteroatoms. The van der Waals surface area contributed by atoms with Gasteiger partial charge in [-0.3, -0.25) is 9.67 Å². The van der Waals surface area contributed by atoms with Gasteiger partial charge >= 0.3 is 0 Å². The molecule has 0 atom stereocenters. The summed E-state index contributed by atoms with van der Waals surface area (Å²) in [6, 6.07) is 2.12. The van der Waals surface area contributed by atoms with Crippen LogP contribution in [-0.2, 0) is 6.54 Å². The fraction of sp³-hybridized carbons (Fsp3) is 0.636. The summed E-state index contributed by atoms with van der Waals surface area (Å²) in [6.45, 7) is 7.05. The Morgan fingerprint density at radius 2 is 2.38 bits per heavy atom. The topological polar surface area (TPSA) is 42.2 Å². The zero-order valence-electron chi connectivity index (χ0n) is 9.86. The Labute approximate surface area is 101 Å². The largest absolute Gasteiger partial charge is 0.365 e. The van der Waals surface area contributed by atoms with Crippen LogP contribution < -0.4 is 5.32 Å². The molecule has 0 radical (unpaired) electrons. The second kappa shape index (κ2) is 5.39. The molecular formula is C11H18N4S. The van der Waals surface area contributed by atoms with Gasteiger partial charge in [0.15, 0.2) is 5.17 Å². The minimum atomic E-state index is 0.963. The van der Waals surface area contributed by atoms with Crippen molar-refractivity contribution in [1.82, 2.24) is 15.1 Å². The van der Waals surface area contributed by atoms with Gasteiger partial charge in [0.2, 0.25) is 0 Å². The summed E-state index contributed by atoms with van der Waals surface area (Å²) in [5.74, 6) is 1.12. The highest BCUT2D eigenvalue weighted by Crippen LogP contribution is 2.08. The van der Waals surface area contributed by atoms with E-state index in [2.05, 4.69) is 33.1 Å². The molecule has 16 heavy (non-hydrogen) atoms. The summed E-state index contributed by atoms with van der Waals surface area (Å²) in [7, 11) is 0. The van der Waals surface area contributed by atoms with Crippen LogP contribution >= 0.6 is 11.8 Å². The Morgan fingerprint density at radius 1 is 1.50 bits per heavy atom. The zero-order chi connectivity index (χ0) is 11.4. The van der Waals surface area contributed by atoms with Crippen molar-refractivity contribution < 1.29 is 0 Å². The molecule has 1 aromatic rings. The number of rotatable bonds is 4. The Morgan fingerprint density at radius 3 is 3.00 bits per heavy atom. The van der Waals surface area contributed by atoms with Crippen LogP contribution in [0.2, 0.25) is 0 Å². The van der Waals surface area contributed by atoms with Crippen LogP contribution in [0.25, 0.3) is 0 Å². The molecule has 0 amide bonds. The van der Waals surface area contributed by atoms with E-state index in [1.807, 2.05) is 18.7 Å². The van der Waals surface area contributed by atoms with E-state index in [-0.39, 0.29) is 0 Å². The standard InChI is InChI=1S/C11H18N4S/c1-9-8-10(2)15(14-9)6-3-4-12-11-13-5-7-16-11/h8H,3-7H2,1-2H3,(H,12,13). The quantitative estimate of drug-likeness (QED) is 0.810. The van der Waals surface area contributed by atoms with Gasteiger partial charge in [-0.2, -0.15) is 5.10 Å². The number of hydrogen-bond donors (Lipinski definition) is 1. The average molecular weight is 238 g/mol.